The Morgan fingerprint density at radius 3 is 3.09 bits per heavy atom. The van der Waals surface area contributed by atoms with Crippen LogP contribution in [0.5, 0.6) is 5.75 Å². The highest BCUT2D eigenvalue weighted by molar-refractivity contribution is 5.99. The molecule has 0 saturated heterocycles. The second-order valence-electron chi connectivity index (χ2n) is 5.78. The molecule has 0 atom stereocenters. The van der Waals surface area contributed by atoms with Gasteiger partial charge in [0.15, 0.2) is 0 Å². The molecule has 1 aromatic rings. The van der Waals surface area contributed by atoms with Crippen molar-refractivity contribution in [3.8, 4) is 5.75 Å². The first-order chi connectivity index (χ1) is 11.3. The normalized spacial score (nSPS) is 17.3. The number of rotatable bonds is 6. The quantitative estimate of drug-likeness (QED) is 0.837. The van der Waals surface area contributed by atoms with E-state index in [2.05, 4.69) is 51.9 Å². The molecule has 0 spiro atoms. The minimum Gasteiger partial charge on any atom is -0.458 e. The Hall–Kier alpha value is -2.27. The van der Waals surface area contributed by atoms with Crippen LogP contribution in [0.25, 0.3) is 0 Å². The average Bonchev–Trinajstić information content (AvgIpc) is 3.09. The molecule has 0 saturated carbocycles. The van der Waals surface area contributed by atoms with Crippen molar-refractivity contribution in [1.82, 2.24) is 15.5 Å². The van der Waals surface area contributed by atoms with Crippen LogP contribution >= 0.6 is 0 Å². The second kappa shape index (κ2) is 7.33. The zero-order chi connectivity index (χ0) is 16.1. The van der Waals surface area contributed by atoms with Crippen LogP contribution in [0, 0.1) is 0 Å². The van der Waals surface area contributed by atoms with Crippen LogP contribution in [0.4, 0.5) is 0 Å². The van der Waals surface area contributed by atoms with Gasteiger partial charge in [0, 0.05) is 26.2 Å². The van der Waals surface area contributed by atoms with E-state index in [1.165, 1.54) is 5.56 Å². The van der Waals surface area contributed by atoms with E-state index < -0.39 is 0 Å². The number of hydrogen-bond donors (Lipinski definition) is 2. The summed E-state index contributed by atoms with van der Waals surface area (Å²) in [6, 6.07) is 8.28. The van der Waals surface area contributed by atoms with Gasteiger partial charge in [-0.3, -0.25) is 4.99 Å². The van der Waals surface area contributed by atoms with Crippen molar-refractivity contribution < 1.29 is 4.74 Å². The zero-order valence-electron chi connectivity index (χ0n) is 13.8. The van der Waals surface area contributed by atoms with E-state index in [1.54, 1.807) is 0 Å². The van der Waals surface area contributed by atoms with E-state index in [1.807, 2.05) is 19.2 Å². The Morgan fingerprint density at radius 2 is 2.30 bits per heavy atom. The Bertz CT molecular complexity index is 648. The molecule has 0 bridgehead atoms. The first kappa shape index (κ1) is 15.6. The third-order valence-electron chi connectivity index (χ3n) is 3.97. The van der Waals surface area contributed by atoms with Gasteiger partial charge in [-0.05, 0) is 43.8 Å². The van der Waals surface area contributed by atoms with Gasteiger partial charge >= 0.3 is 0 Å². The molecule has 0 unspecified atom stereocenters. The van der Waals surface area contributed by atoms with Gasteiger partial charge in [-0.25, -0.2) is 0 Å². The fourth-order valence-corrected chi connectivity index (χ4v) is 2.69. The molecule has 23 heavy (non-hydrogen) atoms. The van der Waals surface area contributed by atoms with Crippen LogP contribution in [0.2, 0.25) is 0 Å². The summed E-state index contributed by atoms with van der Waals surface area (Å²) < 4.78 is 6.07. The smallest absolute Gasteiger partial charge is 0.145 e. The molecule has 1 aromatic carbocycles. The van der Waals surface area contributed by atoms with Gasteiger partial charge in [-0.1, -0.05) is 12.1 Å². The lowest BCUT2D eigenvalue weighted by atomic mass is 10.1. The van der Waals surface area contributed by atoms with E-state index in [0.29, 0.717) is 0 Å². The van der Waals surface area contributed by atoms with Crippen LogP contribution in [0.1, 0.15) is 5.56 Å². The number of aliphatic imine (C=N–C) groups is 1. The van der Waals surface area contributed by atoms with E-state index in [4.69, 9.17) is 4.74 Å². The number of ether oxygens (including phenoxy) is 1. The summed E-state index contributed by atoms with van der Waals surface area (Å²) in [5.74, 6) is 2.72. The second-order valence-corrected chi connectivity index (χ2v) is 5.78. The van der Waals surface area contributed by atoms with Crippen molar-refractivity contribution in [2.24, 2.45) is 4.99 Å². The Kier molecular flexibility index (Phi) is 4.98. The predicted molar refractivity (Wildman–Crippen MR) is 93.8 cm³/mol. The molecular weight excluding hydrogens is 288 g/mol. The molecule has 2 aliphatic rings. The summed E-state index contributed by atoms with van der Waals surface area (Å²) in [5, 5.41) is 6.50. The number of nitrogens with one attached hydrogen (secondary N) is 2. The first-order valence-electron chi connectivity index (χ1n) is 8.09. The first-order valence-corrected chi connectivity index (χ1v) is 8.09. The van der Waals surface area contributed by atoms with Crippen molar-refractivity contribution in [1.29, 1.82) is 0 Å². The van der Waals surface area contributed by atoms with Gasteiger partial charge in [0.1, 0.15) is 17.3 Å². The van der Waals surface area contributed by atoms with Gasteiger partial charge in [0.05, 0.1) is 12.2 Å². The molecule has 2 heterocycles. The van der Waals surface area contributed by atoms with Crippen molar-refractivity contribution >= 4 is 5.84 Å². The van der Waals surface area contributed by atoms with Gasteiger partial charge in [-0.2, -0.15) is 0 Å². The maximum atomic E-state index is 6.07. The van der Waals surface area contributed by atoms with E-state index in [0.717, 1.165) is 55.6 Å². The Balaban J connectivity index is 1.72. The summed E-state index contributed by atoms with van der Waals surface area (Å²) >= 11 is 0. The maximum absolute atomic E-state index is 6.07. The third-order valence-corrected chi connectivity index (χ3v) is 3.97. The molecule has 0 radical (unpaired) electrons. The average molecular weight is 312 g/mol. The highest BCUT2D eigenvalue weighted by atomic mass is 16.5. The van der Waals surface area contributed by atoms with Gasteiger partial charge in [0.2, 0.25) is 0 Å². The third kappa shape index (κ3) is 3.93. The molecule has 122 valence electrons. The highest BCUT2D eigenvalue weighted by Crippen LogP contribution is 2.21. The van der Waals surface area contributed by atoms with Gasteiger partial charge in [0.25, 0.3) is 0 Å². The van der Waals surface area contributed by atoms with E-state index in [-0.39, 0.29) is 0 Å². The van der Waals surface area contributed by atoms with Crippen LogP contribution < -0.4 is 15.4 Å². The number of amidine groups is 1. The molecule has 0 fully saturated rings. The number of likely N-dealkylation sites (N-methyl/N-ethyl adjacent to an activating group) is 2. The van der Waals surface area contributed by atoms with Crippen LogP contribution in [0.3, 0.4) is 0 Å². The molecule has 3 rings (SSSR count). The summed E-state index contributed by atoms with van der Waals surface area (Å²) in [7, 11) is 4.04. The molecular formula is C18H24N4O. The molecule has 5 heteroatoms. The fraction of sp³-hybridized carbons (Fsp3) is 0.389. The van der Waals surface area contributed by atoms with Crippen LogP contribution in [-0.2, 0) is 6.42 Å². The molecule has 5 nitrogen and oxygen atoms in total. The number of hydrogen-bond acceptors (Lipinski definition) is 5. The van der Waals surface area contributed by atoms with Crippen molar-refractivity contribution in [2.75, 3.05) is 40.3 Å². The van der Waals surface area contributed by atoms with E-state index >= 15 is 0 Å². The Labute approximate surface area is 137 Å². The highest BCUT2D eigenvalue weighted by Gasteiger charge is 2.19. The monoisotopic (exact) mass is 312 g/mol. The Morgan fingerprint density at radius 1 is 1.39 bits per heavy atom. The summed E-state index contributed by atoms with van der Waals surface area (Å²) in [5.41, 5.74) is 2.36. The van der Waals surface area contributed by atoms with Crippen LogP contribution in [-0.4, -0.2) is 51.0 Å². The maximum Gasteiger partial charge on any atom is 0.145 e. The lowest BCUT2D eigenvalue weighted by Crippen LogP contribution is -2.32. The minimum atomic E-state index is 0.821. The molecule has 0 aromatic heterocycles. The fourth-order valence-electron chi connectivity index (χ4n) is 2.69. The molecule has 2 N–H and O–H groups in total. The number of benzene rings is 1. The minimum absolute atomic E-state index is 0.821. The molecule has 0 aliphatic carbocycles. The van der Waals surface area contributed by atoms with Gasteiger partial charge in [-0.15, -0.1) is 0 Å². The van der Waals surface area contributed by atoms with E-state index in [9.17, 15) is 0 Å². The SMILES string of the molecule is CNCCc1cccc(OC2=CCN(C)C(C3=NCCN3)=C2)c1. The standard InChI is InChI=1S/C18H24N4O/c1-19-8-6-14-4-3-5-15(12-14)23-16-7-11-22(2)17(13-16)18-20-9-10-21-18/h3-5,7,12-13,19H,6,8-11H2,1-2H3,(H,20,21). The van der Waals surface area contributed by atoms with Crippen molar-refractivity contribution in [3.05, 3.63) is 53.4 Å². The number of allylic oxidation sites excluding steroid dienone is 1. The van der Waals surface area contributed by atoms with Crippen molar-refractivity contribution in [3.63, 3.8) is 0 Å². The summed E-state index contributed by atoms with van der Waals surface area (Å²) in [4.78, 5) is 6.68. The number of nitrogens with zero attached hydrogens (tertiary/aromatic N) is 2. The molecule has 0 amide bonds. The summed E-state index contributed by atoms with van der Waals surface area (Å²) in [6.45, 7) is 3.54. The topological polar surface area (TPSA) is 48.9 Å². The van der Waals surface area contributed by atoms with Gasteiger partial charge < -0.3 is 20.3 Å². The lowest BCUT2D eigenvalue weighted by Gasteiger charge is -2.25. The van der Waals surface area contributed by atoms with Crippen LogP contribution in [0.15, 0.2) is 52.9 Å². The summed E-state index contributed by atoms with van der Waals surface area (Å²) in [6.07, 6.45) is 5.15. The zero-order valence-corrected chi connectivity index (χ0v) is 13.8. The molecule has 2 aliphatic heterocycles. The predicted octanol–water partition coefficient (Wildman–Crippen LogP) is 1.54. The van der Waals surface area contributed by atoms with Crippen molar-refractivity contribution in [2.45, 2.75) is 6.42 Å². The largest absolute Gasteiger partial charge is 0.458 e. The lowest BCUT2D eigenvalue weighted by molar-refractivity contribution is 0.407.